The van der Waals surface area contributed by atoms with Gasteiger partial charge in [-0.25, -0.2) is 4.79 Å². The molecular weight excluding hydrogens is 682 g/mol. The highest BCUT2D eigenvalue weighted by atomic mass is 35.5. The molecular formula is C37H52ClN3O10. The number of fused-ring (bicyclic) bond motifs is 5. The number of anilines is 1. The first-order valence-electron chi connectivity index (χ1n) is 17.2. The molecule has 2 saturated heterocycles. The molecule has 0 aliphatic carbocycles. The molecule has 0 radical (unpaired) electrons. The number of epoxide rings is 1. The summed E-state index contributed by atoms with van der Waals surface area (Å²) in [5, 5.41) is 15.0. The number of carbonyl (C=O) groups is 4. The van der Waals surface area contributed by atoms with Gasteiger partial charge in [-0.3, -0.25) is 14.4 Å². The minimum Gasteiger partial charge on any atom is -0.495 e. The maximum Gasteiger partial charge on any atom is 0.328 e. The van der Waals surface area contributed by atoms with Crippen molar-refractivity contribution in [1.29, 1.82) is 0 Å². The normalized spacial score (nSPS) is 32.1. The number of benzene rings is 1. The number of methoxy groups -OCH3 is 2. The van der Waals surface area contributed by atoms with Crippen LogP contribution in [0.1, 0.15) is 58.9 Å². The van der Waals surface area contributed by atoms with Gasteiger partial charge in [0.15, 0.2) is 0 Å². The molecule has 282 valence electrons. The lowest BCUT2D eigenvalue weighted by Crippen LogP contribution is -2.53. The molecule has 4 bridgehead atoms. The average Bonchev–Trinajstić information content (AvgIpc) is 3.79. The van der Waals surface area contributed by atoms with Crippen LogP contribution >= 0.6 is 11.6 Å². The molecule has 2 N–H and O–H groups in total. The van der Waals surface area contributed by atoms with Crippen molar-refractivity contribution in [3.63, 3.8) is 0 Å². The fourth-order valence-electron chi connectivity index (χ4n) is 6.88. The minimum atomic E-state index is -1.57. The Balaban J connectivity index is 1.76. The molecule has 3 aliphatic heterocycles. The molecule has 8 atom stereocenters. The number of carbonyl (C=O) groups excluding carboxylic acids is 4. The topological polar surface area (TPSA) is 156 Å². The van der Waals surface area contributed by atoms with E-state index in [2.05, 4.69) is 5.32 Å². The van der Waals surface area contributed by atoms with Crippen LogP contribution in [0.25, 0.3) is 0 Å². The number of nitrogens with zero attached hydrogens (tertiary/aromatic N) is 2. The number of amides is 2. The van der Waals surface area contributed by atoms with E-state index in [0.29, 0.717) is 24.4 Å². The summed E-state index contributed by atoms with van der Waals surface area (Å²) in [6, 6.07) is 2.64. The van der Waals surface area contributed by atoms with Crippen LogP contribution in [0.5, 0.6) is 5.75 Å². The van der Waals surface area contributed by atoms with Gasteiger partial charge in [0.1, 0.15) is 46.3 Å². The second-order valence-corrected chi connectivity index (χ2v) is 14.5. The van der Waals surface area contributed by atoms with E-state index in [9.17, 15) is 24.3 Å². The average molecular weight is 734 g/mol. The number of ether oxygens (including phenoxy) is 5. The van der Waals surface area contributed by atoms with Crippen molar-refractivity contribution >= 4 is 41.0 Å². The lowest BCUT2D eigenvalue weighted by molar-refractivity contribution is -0.187. The third kappa shape index (κ3) is 8.94. The minimum absolute atomic E-state index is 0.0637. The van der Waals surface area contributed by atoms with Gasteiger partial charge in [0, 0.05) is 46.5 Å². The molecule has 13 nitrogen and oxygen atoms in total. The van der Waals surface area contributed by atoms with E-state index >= 15 is 0 Å². The lowest BCUT2D eigenvalue weighted by atomic mass is 9.78. The van der Waals surface area contributed by atoms with Crippen LogP contribution in [0.3, 0.4) is 0 Å². The Kier molecular flexibility index (Phi) is 13.0. The van der Waals surface area contributed by atoms with Crippen LogP contribution in [0.2, 0.25) is 5.02 Å². The van der Waals surface area contributed by atoms with Gasteiger partial charge in [0.25, 0.3) is 0 Å². The van der Waals surface area contributed by atoms with Gasteiger partial charge in [-0.1, -0.05) is 42.3 Å². The number of nitrogens with one attached hydrogen (secondary N) is 1. The molecule has 0 saturated carbocycles. The summed E-state index contributed by atoms with van der Waals surface area (Å²) in [4.78, 5) is 56.1. The number of hydrogen-bond donors (Lipinski definition) is 2. The Labute approximate surface area is 305 Å². The quantitative estimate of drug-likeness (QED) is 0.298. The highest BCUT2D eigenvalue weighted by molar-refractivity contribution is 6.35. The fourth-order valence-corrected chi connectivity index (χ4v) is 7.19. The first-order chi connectivity index (χ1) is 24.0. The van der Waals surface area contributed by atoms with E-state index in [0.717, 1.165) is 11.1 Å². The SMILES string of the molecule is CNCCC(=O)N(C)[C@@H](C)C(=O)O[C@@H]1CC(=O)N(C)c2cc(cc(OC)c2Cl)C/C(C)=C/C=C/[C@@H](OC)[C@]2(O)CC(=O)O[C@@H](C2)[C@@H](C)[C@@H]2O[C@@]12C. The summed E-state index contributed by atoms with van der Waals surface area (Å²) in [6.45, 7) is 7.49. The molecule has 0 aromatic heterocycles. The smallest absolute Gasteiger partial charge is 0.328 e. The van der Waals surface area contributed by atoms with Gasteiger partial charge in [0.05, 0.1) is 31.7 Å². The van der Waals surface area contributed by atoms with Gasteiger partial charge in [0.2, 0.25) is 11.8 Å². The summed E-state index contributed by atoms with van der Waals surface area (Å²) >= 11 is 6.75. The molecule has 2 amide bonds. The highest BCUT2D eigenvalue weighted by Crippen LogP contribution is 2.50. The standard InChI is InChI=1S/C37H52ClN3O10/c1-21-11-10-12-28(48-9)37(46)19-27(49-32(44)20-37)22(2)34-36(4,51-34)29(50-35(45)23(3)40(6)30(42)13-14-39-5)18-31(43)41(7)25-16-24(15-21)17-26(47-8)33(25)38/h10-12,16-17,22-23,27-29,34,39,46H,13-15,18-20H2,1-9H3/b12-10+,21-11+/t22-,23+,27+,28-,29-,34+,36+,37-/m1/s1. The van der Waals surface area contributed by atoms with Crippen molar-refractivity contribution in [2.24, 2.45) is 5.92 Å². The van der Waals surface area contributed by atoms with Crippen LogP contribution in [-0.4, -0.2) is 117 Å². The number of halogens is 1. The molecule has 4 rings (SSSR count). The van der Waals surface area contributed by atoms with E-state index in [1.807, 2.05) is 19.9 Å². The lowest BCUT2D eigenvalue weighted by Gasteiger charge is -2.41. The van der Waals surface area contributed by atoms with Crippen LogP contribution < -0.4 is 15.0 Å². The predicted octanol–water partition coefficient (Wildman–Crippen LogP) is 3.37. The molecule has 14 heteroatoms. The summed E-state index contributed by atoms with van der Waals surface area (Å²) in [5.41, 5.74) is -0.584. The van der Waals surface area contributed by atoms with Crippen LogP contribution in [0, 0.1) is 5.92 Å². The Morgan fingerprint density at radius 3 is 2.61 bits per heavy atom. The summed E-state index contributed by atoms with van der Waals surface area (Å²) < 4.78 is 29.3. The molecule has 0 spiro atoms. The first-order valence-corrected chi connectivity index (χ1v) is 17.6. The van der Waals surface area contributed by atoms with Crippen molar-refractivity contribution in [2.75, 3.05) is 46.8 Å². The summed E-state index contributed by atoms with van der Waals surface area (Å²) in [5.74, 6) is -2.07. The van der Waals surface area contributed by atoms with Gasteiger partial charge in [-0.05, 0) is 51.9 Å². The van der Waals surface area contributed by atoms with Crippen molar-refractivity contribution in [3.05, 3.63) is 46.5 Å². The van der Waals surface area contributed by atoms with Gasteiger partial charge in [-0.15, -0.1) is 0 Å². The van der Waals surface area contributed by atoms with Crippen LogP contribution in [-0.2, 0) is 44.5 Å². The zero-order chi connectivity index (χ0) is 37.8. The fraction of sp³-hybridized carbons (Fsp3) is 0.622. The third-order valence-electron chi connectivity index (χ3n) is 10.4. The third-order valence-corrected chi connectivity index (χ3v) is 10.8. The maximum absolute atomic E-state index is 14.1. The van der Waals surface area contributed by atoms with Crippen molar-refractivity contribution in [1.82, 2.24) is 10.2 Å². The number of likely N-dealkylation sites (N-methyl/N-ethyl adjacent to an activating group) is 1. The Bertz CT molecular complexity index is 1550. The molecule has 1 aromatic carbocycles. The molecule has 3 aliphatic rings. The monoisotopic (exact) mass is 733 g/mol. The largest absolute Gasteiger partial charge is 0.495 e. The van der Waals surface area contributed by atoms with E-state index in [-0.39, 0.29) is 36.6 Å². The van der Waals surface area contributed by atoms with Crippen LogP contribution in [0.4, 0.5) is 5.69 Å². The summed E-state index contributed by atoms with van der Waals surface area (Å²) in [7, 11) is 7.80. The predicted molar refractivity (Wildman–Crippen MR) is 191 cm³/mol. The number of rotatable bonds is 8. The van der Waals surface area contributed by atoms with Gasteiger partial charge in [-0.2, -0.15) is 0 Å². The van der Waals surface area contributed by atoms with Crippen LogP contribution in [0.15, 0.2) is 35.9 Å². The Morgan fingerprint density at radius 1 is 1.25 bits per heavy atom. The van der Waals surface area contributed by atoms with E-state index in [1.165, 1.54) is 31.1 Å². The maximum atomic E-state index is 14.1. The van der Waals surface area contributed by atoms with Gasteiger partial charge < -0.3 is 43.9 Å². The molecule has 3 heterocycles. The second kappa shape index (κ2) is 16.5. The molecule has 51 heavy (non-hydrogen) atoms. The molecule has 1 aromatic rings. The zero-order valence-corrected chi connectivity index (χ0v) is 31.7. The number of aliphatic hydroxyl groups is 1. The Hall–Kier alpha value is -3.49. The Morgan fingerprint density at radius 2 is 1.96 bits per heavy atom. The number of esters is 2. The zero-order valence-electron chi connectivity index (χ0n) is 31.0. The molecule has 2 fully saturated rings. The van der Waals surface area contributed by atoms with Gasteiger partial charge >= 0.3 is 11.9 Å². The van der Waals surface area contributed by atoms with E-state index in [4.69, 9.17) is 35.3 Å². The second-order valence-electron chi connectivity index (χ2n) is 14.1. The highest BCUT2D eigenvalue weighted by Gasteiger charge is 2.64. The van der Waals surface area contributed by atoms with E-state index < -0.39 is 65.4 Å². The number of allylic oxidation sites excluding steroid dienone is 3. The number of hydrogen-bond acceptors (Lipinski definition) is 11. The summed E-state index contributed by atoms with van der Waals surface area (Å²) in [6.07, 6.45) is 2.21. The molecule has 0 unspecified atom stereocenters. The van der Waals surface area contributed by atoms with Crippen molar-refractivity contribution in [2.45, 2.75) is 101 Å². The van der Waals surface area contributed by atoms with Crippen molar-refractivity contribution < 1.29 is 48.0 Å². The van der Waals surface area contributed by atoms with E-state index in [1.54, 1.807) is 52.2 Å². The first kappa shape index (κ1) is 40.3. The van der Waals surface area contributed by atoms with Crippen molar-refractivity contribution in [3.8, 4) is 5.75 Å².